The zero-order valence-corrected chi connectivity index (χ0v) is 15.9. The number of aryl methyl sites for hydroxylation is 1. The van der Waals surface area contributed by atoms with Crippen LogP contribution in [-0.4, -0.2) is 16.0 Å². The van der Waals surface area contributed by atoms with E-state index >= 15 is 0 Å². The number of amides is 1. The second kappa shape index (κ2) is 7.67. The quantitative estimate of drug-likeness (QED) is 0.484. The summed E-state index contributed by atoms with van der Waals surface area (Å²) in [4.78, 5) is 14.9. The van der Waals surface area contributed by atoms with Crippen molar-refractivity contribution in [3.8, 4) is 0 Å². The van der Waals surface area contributed by atoms with Crippen LogP contribution in [0.5, 0.6) is 0 Å². The number of halogens is 3. The molecule has 0 fully saturated rings. The Morgan fingerprint density at radius 3 is 2.79 bits per heavy atom. The van der Waals surface area contributed by atoms with E-state index in [-0.39, 0.29) is 23.4 Å². The smallest absolute Gasteiger partial charge is 0.271 e. The van der Waals surface area contributed by atoms with Gasteiger partial charge < -0.3 is 15.2 Å². The highest BCUT2D eigenvalue weighted by Crippen LogP contribution is 2.26. The number of hydrogen-bond acceptors (Lipinski definition) is 3. The SMILES string of the molecule is NC(=O)c1noc(Cc2cccc(F)c2F)c1CCc1c[nH]c2ccc(Cl)cc12. The van der Waals surface area contributed by atoms with E-state index in [2.05, 4.69) is 10.1 Å². The fourth-order valence-electron chi connectivity index (χ4n) is 3.41. The summed E-state index contributed by atoms with van der Waals surface area (Å²) in [5.41, 5.74) is 7.93. The van der Waals surface area contributed by atoms with Gasteiger partial charge in [-0.1, -0.05) is 28.9 Å². The first-order valence-electron chi connectivity index (χ1n) is 8.89. The molecule has 148 valence electrons. The summed E-state index contributed by atoms with van der Waals surface area (Å²) in [5, 5.41) is 5.33. The third-order valence-electron chi connectivity index (χ3n) is 4.86. The number of carbonyl (C=O) groups is 1. The number of carbonyl (C=O) groups excluding carboxylic acids is 1. The molecule has 0 atom stereocenters. The van der Waals surface area contributed by atoms with Gasteiger partial charge in [0.05, 0.1) is 0 Å². The van der Waals surface area contributed by atoms with E-state index in [1.165, 1.54) is 12.1 Å². The monoisotopic (exact) mass is 415 g/mol. The van der Waals surface area contributed by atoms with E-state index in [1.54, 1.807) is 6.07 Å². The number of primary amides is 1. The summed E-state index contributed by atoms with van der Waals surface area (Å²) in [6, 6.07) is 9.44. The molecule has 8 heteroatoms. The van der Waals surface area contributed by atoms with Crippen molar-refractivity contribution in [3.05, 3.63) is 87.4 Å². The van der Waals surface area contributed by atoms with E-state index in [1.807, 2.05) is 18.3 Å². The van der Waals surface area contributed by atoms with Crippen molar-refractivity contribution in [3.63, 3.8) is 0 Å². The average Bonchev–Trinajstić information content (AvgIpc) is 3.27. The van der Waals surface area contributed by atoms with Crippen LogP contribution in [0.15, 0.2) is 47.1 Å². The molecule has 29 heavy (non-hydrogen) atoms. The van der Waals surface area contributed by atoms with Crippen molar-refractivity contribution in [2.75, 3.05) is 0 Å². The molecular weight excluding hydrogens is 400 g/mol. The van der Waals surface area contributed by atoms with Crippen LogP contribution in [0.2, 0.25) is 5.02 Å². The molecule has 0 unspecified atom stereocenters. The van der Waals surface area contributed by atoms with Crippen molar-refractivity contribution in [2.24, 2.45) is 5.73 Å². The minimum absolute atomic E-state index is 0.00492. The molecule has 3 N–H and O–H groups in total. The number of hydrogen-bond donors (Lipinski definition) is 2. The van der Waals surface area contributed by atoms with Gasteiger partial charge in [-0.3, -0.25) is 4.79 Å². The largest absolute Gasteiger partial charge is 0.364 e. The number of benzene rings is 2. The van der Waals surface area contributed by atoms with Gasteiger partial charge in [0.1, 0.15) is 5.76 Å². The summed E-state index contributed by atoms with van der Waals surface area (Å²) < 4.78 is 32.8. The average molecular weight is 416 g/mol. The highest BCUT2D eigenvalue weighted by atomic mass is 35.5. The molecule has 2 aromatic heterocycles. The molecule has 0 radical (unpaired) electrons. The number of fused-ring (bicyclic) bond motifs is 1. The Morgan fingerprint density at radius 1 is 1.17 bits per heavy atom. The first-order chi connectivity index (χ1) is 13.9. The third kappa shape index (κ3) is 3.73. The summed E-state index contributed by atoms with van der Waals surface area (Å²) in [6.45, 7) is 0. The number of nitrogens with zero attached hydrogens (tertiary/aromatic N) is 1. The fraction of sp³-hybridized carbons (Fsp3) is 0.143. The maximum Gasteiger partial charge on any atom is 0.271 e. The molecule has 2 heterocycles. The van der Waals surface area contributed by atoms with Gasteiger partial charge in [-0.2, -0.15) is 0 Å². The molecule has 0 aliphatic carbocycles. The topological polar surface area (TPSA) is 84.9 Å². The van der Waals surface area contributed by atoms with Gasteiger partial charge in [-0.25, -0.2) is 8.78 Å². The molecule has 4 aromatic rings. The van der Waals surface area contributed by atoms with Crippen molar-refractivity contribution < 1.29 is 18.1 Å². The minimum Gasteiger partial charge on any atom is -0.364 e. The van der Waals surface area contributed by atoms with Gasteiger partial charge >= 0.3 is 0 Å². The van der Waals surface area contributed by atoms with Gasteiger partial charge in [0.15, 0.2) is 17.3 Å². The fourth-order valence-corrected chi connectivity index (χ4v) is 3.58. The molecular formula is C21H16ClF2N3O2. The van der Waals surface area contributed by atoms with E-state index < -0.39 is 17.5 Å². The van der Waals surface area contributed by atoms with Crippen LogP contribution < -0.4 is 5.73 Å². The summed E-state index contributed by atoms with van der Waals surface area (Å²) in [6.07, 6.45) is 2.75. The predicted octanol–water partition coefficient (Wildman–Crippen LogP) is 4.56. The molecule has 0 spiro atoms. The van der Waals surface area contributed by atoms with Gasteiger partial charge in [0.2, 0.25) is 0 Å². The summed E-state index contributed by atoms with van der Waals surface area (Å²) in [7, 11) is 0. The zero-order valence-electron chi connectivity index (χ0n) is 15.1. The second-order valence-corrected chi connectivity index (χ2v) is 7.13. The molecule has 0 saturated heterocycles. The van der Waals surface area contributed by atoms with E-state index in [9.17, 15) is 13.6 Å². The number of aromatic amines is 1. The summed E-state index contributed by atoms with van der Waals surface area (Å²) in [5.74, 6) is -2.37. The van der Waals surface area contributed by atoms with E-state index in [0.29, 0.717) is 23.4 Å². The Labute approximate surface area is 169 Å². The van der Waals surface area contributed by atoms with Gasteiger partial charge in [-0.15, -0.1) is 0 Å². The van der Waals surface area contributed by atoms with Crippen molar-refractivity contribution in [1.82, 2.24) is 10.1 Å². The minimum atomic E-state index is -0.957. The number of rotatable bonds is 6. The highest BCUT2D eigenvalue weighted by Gasteiger charge is 2.22. The maximum absolute atomic E-state index is 14.1. The Balaban J connectivity index is 1.65. The van der Waals surface area contributed by atoms with Gasteiger partial charge in [0, 0.05) is 34.1 Å². The lowest BCUT2D eigenvalue weighted by molar-refractivity contribution is 0.0991. The molecule has 0 aliphatic rings. The third-order valence-corrected chi connectivity index (χ3v) is 5.09. The van der Waals surface area contributed by atoms with Crippen LogP contribution >= 0.6 is 11.6 Å². The number of H-pyrrole nitrogens is 1. The number of nitrogens with one attached hydrogen (secondary N) is 1. The first kappa shape index (κ1) is 19.1. The lowest BCUT2D eigenvalue weighted by Gasteiger charge is -2.05. The Kier molecular flexibility index (Phi) is 5.07. The molecule has 0 aliphatic heterocycles. The Morgan fingerprint density at radius 2 is 2.00 bits per heavy atom. The van der Waals surface area contributed by atoms with Crippen molar-refractivity contribution >= 4 is 28.4 Å². The lowest BCUT2D eigenvalue weighted by atomic mass is 9.99. The van der Waals surface area contributed by atoms with Crippen LogP contribution in [-0.2, 0) is 19.3 Å². The van der Waals surface area contributed by atoms with Gasteiger partial charge in [-0.05, 0) is 48.2 Å². The predicted molar refractivity (Wildman–Crippen MR) is 105 cm³/mol. The molecule has 4 rings (SSSR count). The van der Waals surface area contributed by atoms with Crippen LogP contribution in [0, 0.1) is 11.6 Å². The molecule has 5 nitrogen and oxygen atoms in total. The van der Waals surface area contributed by atoms with E-state index in [4.69, 9.17) is 21.9 Å². The normalized spacial score (nSPS) is 11.3. The number of aromatic nitrogens is 2. The lowest BCUT2D eigenvalue weighted by Crippen LogP contribution is -2.14. The number of nitrogens with two attached hydrogens (primary N) is 1. The Hall–Kier alpha value is -3.19. The first-order valence-corrected chi connectivity index (χ1v) is 9.27. The highest BCUT2D eigenvalue weighted by molar-refractivity contribution is 6.31. The molecule has 2 aromatic carbocycles. The van der Waals surface area contributed by atoms with Crippen LogP contribution in [0.1, 0.15) is 32.9 Å². The van der Waals surface area contributed by atoms with Crippen LogP contribution in [0.3, 0.4) is 0 Å². The van der Waals surface area contributed by atoms with Crippen molar-refractivity contribution in [1.29, 1.82) is 0 Å². The second-order valence-electron chi connectivity index (χ2n) is 6.69. The van der Waals surface area contributed by atoms with Crippen molar-refractivity contribution in [2.45, 2.75) is 19.3 Å². The summed E-state index contributed by atoms with van der Waals surface area (Å²) >= 11 is 6.09. The van der Waals surface area contributed by atoms with Crippen LogP contribution in [0.25, 0.3) is 10.9 Å². The zero-order chi connectivity index (χ0) is 20.5. The standard InChI is InChI=1S/C21H16ClF2N3O2/c22-13-5-7-17-15(9-13)12(10-26-17)4-6-14-18(29-27-20(14)21(25)28)8-11-2-1-3-16(23)19(11)24/h1-3,5,7,9-10,26H,4,6,8H2,(H2,25,28). The molecule has 1 amide bonds. The molecule has 0 saturated carbocycles. The van der Waals surface area contributed by atoms with E-state index in [0.717, 1.165) is 22.5 Å². The van der Waals surface area contributed by atoms with Gasteiger partial charge in [0.25, 0.3) is 5.91 Å². The molecule has 0 bridgehead atoms. The maximum atomic E-state index is 14.1. The Bertz CT molecular complexity index is 1220. The van der Waals surface area contributed by atoms with Crippen LogP contribution in [0.4, 0.5) is 8.78 Å².